The Hall–Kier alpha value is -3.14. The van der Waals surface area contributed by atoms with Crippen LogP contribution in [0.1, 0.15) is 61.6 Å². The number of hydrogen-bond acceptors (Lipinski definition) is 9. The minimum atomic E-state index is 0.346. The molecule has 33 heavy (non-hydrogen) atoms. The molecule has 5 N–H and O–H groups in total. The highest BCUT2D eigenvalue weighted by molar-refractivity contribution is 5.83. The Balaban J connectivity index is 1.30. The number of rotatable bonds is 7. The molecule has 3 fully saturated rings. The molecule has 1 aliphatic carbocycles. The molecule has 5 heterocycles. The van der Waals surface area contributed by atoms with Gasteiger partial charge in [0.1, 0.15) is 11.6 Å². The predicted octanol–water partition coefficient (Wildman–Crippen LogP) is 3.27. The molecule has 0 aromatic carbocycles. The van der Waals surface area contributed by atoms with Gasteiger partial charge >= 0.3 is 0 Å². The fourth-order valence-electron chi connectivity index (χ4n) is 5.37. The lowest BCUT2D eigenvalue weighted by atomic mass is 9.97. The zero-order valence-electron chi connectivity index (χ0n) is 19.1. The van der Waals surface area contributed by atoms with Crippen LogP contribution in [0.4, 0.5) is 17.6 Å². The van der Waals surface area contributed by atoms with Gasteiger partial charge < -0.3 is 25.8 Å². The Morgan fingerprint density at radius 3 is 2.64 bits per heavy atom. The fourth-order valence-corrected chi connectivity index (χ4v) is 5.37. The number of aromatic amines is 1. The number of nitrogens with two attached hydrogens (primary N) is 1. The Bertz CT molecular complexity index is 1140. The molecule has 1 saturated carbocycles. The Kier molecular flexibility index (Phi) is 4.97. The molecular formula is C23H31N9O. The van der Waals surface area contributed by atoms with Gasteiger partial charge in [0.2, 0.25) is 5.95 Å². The molecular weight excluding hydrogens is 418 g/mol. The second-order valence-electron chi connectivity index (χ2n) is 9.79. The van der Waals surface area contributed by atoms with Crippen LogP contribution < -0.4 is 16.4 Å². The van der Waals surface area contributed by atoms with Gasteiger partial charge in [-0.2, -0.15) is 15.1 Å². The first-order valence-electron chi connectivity index (χ1n) is 11.9. The lowest BCUT2D eigenvalue weighted by Gasteiger charge is -2.37. The number of nitrogens with one attached hydrogen (secondary N) is 3. The molecule has 2 saturated heterocycles. The first kappa shape index (κ1) is 20.5. The van der Waals surface area contributed by atoms with E-state index in [0.717, 1.165) is 47.1 Å². The maximum atomic E-state index is 6.49. The fraction of sp³-hybridized carbons (Fsp3) is 0.565. The molecule has 2 aliphatic heterocycles. The third kappa shape index (κ3) is 4.03. The second-order valence-corrected chi connectivity index (χ2v) is 9.79. The number of fused-ring (bicyclic) bond motifs is 2. The van der Waals surface area contributed by atoms with Crippen molar-refractivity contribution in [3.63, 3.8) is 0 Å². The van der Waals surface area contributed by atoms with Crippen molar-refractivity contribution in [2.75, 3.05) is 23.4 Å². The summed E-state index contributed by atoms with van der Waals surface area (Å²) in [6, 6.07) is 5.59. The summed E-state index contributed by atoms with van der Waals surface area (Å²) in [5.74, 6) is 2.92. The van der Waals surface area contributed by atoms with Crippen LogP contribution in [-0.4, -0.2) is 55.4 Å². The van der Waals surface area contributed by atoms with Crippen molar-refractivity contribution in [1.82, 2.24) is 30.2 Å². The Morgan fingerprint density at radius 1 is 1.15 bits per heavy atom. The van der Waals surface area contributed by atoms with E-state index in [-0.39, 0.29) is 0 Å². The normalized spacial score (nSPS) is 24.8. The number of piperidine rings is 1. The number of anilines is 3. The summed E-state index contributed by atoms with van der Waals surface area (Å²) in [4.78, 5) is 11.9. The monoisotopic (exact) mass is 449 g/mol. The molecule has 3 aromatic rings. The quantitative estimate of drug-likeness (QED) is 0.429. The summed E-state index contributed by atoms with van der Waals surface area (Å²) >= 11 is 0. The molecule has 2 atom stereocenters. The van der Waals surface area contributed by atoms with Crippen LogP contribution in [0.3, 0.4) is 0 Å². The summed E-state index contributed by atoms with van der Waals surface area (Å²) in [6.45, 7) is 2.33. The molecule has 6 rings (SSSR count). The number of H-pyrrole nitrogens is 1. The van der Waals surface area contributed by atoms with Crippen LogP contribution >= 0.6 is 0 Å². The van der Waals surface area contributed by atoms with Gasteiger partial charge in [0.15, 0.2) is 5.76 Å². The number of aromatic nitrogens is 5. The van der Waals surface area contributed by atoms with Crippen molar-refractivity contribution >= 4 is 17.6 Å². The average molecular weight is 450 g/mol. The van der Waals surface area contributed by atoms with Crippen LogP contribution in [0, 0.1) is 6.92 Å². The zero-order chi connectivity index (χ0) is 22.5. The van der Waals surface area contributed by atoms with E-state index in [0.29, 0.717) is 42.4 Å². The summed E-state index contributed by atoms with van der Waals surface area (Å²) in [6.07, 6.45) is 7.16. The van der Waals surface area contributed by atoms with Crippen LogP contribution in [-0.2, 0) is 6.54 Å². The highest BCUT2D eigenvalue weighted by Gasteiger charge is 2.39. The van der Waals surface area contributed by atoms with Crippen molar-refractivity contribution in [2.45, 2.75) is 76.0 Å². The van der Waals surface area contributed by atoms with E-state index in [1.165, 1.54) is 25.7 Å². The van der Waals surface area contributed by atoms with Gasteiger partial charge in [-0.1, -0.05) is 5.16 Å². The molecule has 0 amide bonds. The third-order valence-corrected chi connectivity index (χ3v) is 7.34. The van der Waals surface area contributed by atoms with E-state index in [2.05, 4.69) is 49.0 Å². The van der Waals surface area contributed by atoms with Gasteiger partial charge in [0, 0.05) is 35.8 Å². The second kappa shape index (κ2) is 8.02. The Morgan fingerprint density at radius 2 is 1.94 bits per heavy atom. The molecule has 10 heteroatoms. The van der Waals surface area contributed by atoms with E-state index in [1.807, 2.05) is 13.0 Å². The van der Waals surface area contributed by atoms with Gasteiger partial charge in [-0.25, -0.2) is 0 Å². The smallest absolute Gasteiger partial charge is 0.227 e. The van der Waals surface area contributed by atoms with Crippen LogP contribution in [0.25, 0.3) is 11.3 Å². The van der Waals surface area contributed by atoms with Crippen molar-refractivity contribution in [3.8, 4) is 11.3 Å². The van der Waals surface area contributed by atoms with Gasteiger partial charge in [-0.05, 0) is 58.6 Å². The summed E-state index contributed by atoms with van der Waals surface area (Å²) in [7, 11) is 2.25. The summed E-state index contributed by atoms with van der Waals surface area (Å²) in [5.41, 5.74) is 10.1. The number of nitrogens with zero attached hydrogens (tertiary/aromatic N) is 5. The topological polar surface area (TPSA) is 134 Å². The highest BCUT2D eigenvalue weighted by Crippen LogP contribution is 2.42. The van der Waals surface area contributed by atoms with Crippen LogP contribution in [0.2, 0.25) is 0 Å². The molecule has 174 valence electrons. The first-order chi connectivity index (χ1) is 16.0. The van der Waals surface area contributed by atoms with Crippen molar-refractivity contribution in [2.24, 2.45) is 0 Å². The standard InChI is InChI=1S/C23H31N9O/c1-12-7-17(33-31-12)11-25-23-27-21(24)20(19-10-18(29-30-19)13-3-4-13)22(28-23)26-14-8-15-5-6-16(9-14)32(15)2/h7,10,13-16H,3-6,8-9,11H2,1-2H3,(H,29,30)(H4,24,25,26,27,28). The lowest BCUT2D eigenvalue weighted by Crippen LogP contribution is -2.44. The maximum Gasteiger partial charge on any atom is 0.227 e. The van der Waals surface area contributed by atoms with E-state index >= 15 is 0 Å². The van der Waals surface area contributed by atoms with Gasteiger partial charge in [0.05, 0.1) is 23.5 Å². The van der Waals surface area contributed by atoms with E-state index in [4.69, 9.17) is 15.2 Å². The van der Waals surface area contributed by atoms with Crippen molar-refractivity contribution < 1.29 is 4.52 Å². The van der Waals surface area contributed by atoms with Crippen LogP contribution in [0.15, 0.2) is 16.7 Å². The average Bonchev–Trinajstić information content (AvgIpc) is 3.32. The zero-order valence-corrected chi connectivity index (χ0v) is 19.1. The van der Waals surface area contributed by atoms with E-state index in [9.17, 15) is 0 Å². The number of hydrogen-bond donors (Lipinski definition) is 4. The largest absolute Gasteiger partial charge is 0.383 e. The predicted molar refractivity (Wildman–Crippen MR) is 126 cm³/mol. The minimum Gasteiger partial charge on any atom is -0.383 e. The minimum absolute atomic E-state index is 0.346. The highest BCUT2D eigenvalue weighted by atomic mass is 16.5. The van der Waals surface area contributed by atoms with Gasteiger partial charge in [0.25, 0.3) is 0 Å². The molecule has 0 spiro atoms. The van der Waals surface area contributed by atoms with E-state index < -0.39 is 0 Å². The first-order valence-corrected chi connectivity index (χ1v) is 11.9. The van der Waals surface area contributed by atoms with Crippen LogP contribution in [0.5, 0.6) is 0 Å². The van der Waals surface area contributed by atoms with E-state index in [1.54, 1.807) is 0 Å². The maximum absolute atomic E-state index is 6.49. The molecule has 3 aromatic heterocycles. The van der Waals surface area contributed by atoms with Crippen molar-refractivity contribution in [1.29, 1.82) is 0 Å². The molecule has 2 unspecified atom stereocenters. The number of aryl methyl sites for hydroxylation is 1. The van der Waals surface area contributed by atoms with Gasteiger partial charge in [-0.15, -0.1) is 0 Å². The molecule has 2 bridgehead atoms. The molecule has 10 nitrogen and oxygen atoms in total. The molecule has 3 aliphatic rings. The third-order valence-electron chi connectivity index (χ3n) is 7.34. The summed E-state index contributed by atoms with van der Waals surface area (Å²) < 4.78 is 5.30. The lowest BCUT2D eigenvalue weighted by molar-refractivity contribution is 0.169. The van der Waals surface area contributed by atoms with Gasteiger partial charge in [-0.3, -0.25) is 5.10 Å². The SMILES string of the molecule is Cc1cc(CNc2nc(N)c(-c3cc(C4CC4)[nH]n3)c(NC3CC4CCC(C3)N4C)n2)on1. The number of nitrogen functional groups attached to an aromatic ring is 1. The Labute approximate surface area is 192 Å². The summed E-state index contributed by atoms with van der Waals surface area (Å²) in [5, 5.41) is 18.6. The molecule has 0 radical (unpaired) electrons. The van der Waals surface area contributed by atoms with Crippen molar-refractivity contribution in [3.05, 3.63) is 29.3 Å².